The van der Waals surface area contributed by atoms with E-state index >= 15 is 0 Å². The standard InChI is InChI=1S/C25H23FN4O5/c1-13(27)23-29-30-24(35-23)18-11-16(21-20(8-9-34-21)25(32)33-3)10-17(12-18)22(31)28-14(2)15-4-6-19(26)7-5-15/h4-14H,27H2,1-3H3,(H,28,31)/t13-,14+/m0/s1. The van der Waals surface area contributed by atoms with Gasteiger partial charge >= 0.3 is 5.97 Å². The van der Waals surface area contributed by atoms with Gasteiger partial charge in [0.1, 0.15) is 17.1 Å². The van der Waals surface area contributed by atoms with Crippen molar-refractivity contribution < 1.29 is 27.6 Å². The molecule has 35 heavy (non-hydrogen) atoms. The van der Waals surface area contributed by atoms with Gasteiger partial charge in [0.2, 0.25) is 11.8 Å². The van der Waals surface area contributed by atoms with Gasteiger partial charge in [-0.15, -0.1) is 10.2 Å². The predicted molar refractivity (Wildman–Crippen MR) is 124 cm³/mol. The Labute approximate surface area is 200 Å². The molecule has 0 saturated heterocycles. The van der Waals surface area contributed by atoms with Gasteiger partial charge in [-0.2, -0.15) is 0 Å². The Morgan fingerprint density at radius 2 is 1.77 bits per heavy atom. The number of carbonyl (C=O) groups is 2. The van der Waals surface area contributed by atoms with E-state index in [1.807, 2.05) is 0 Å². The zero-order valence-electron chi connectivity index (χ0n) is 19.2. The monoisotopic (exact) mass is 478 g/mol. The molecule has 4 aromatic rings. The largest absolute Gasteiger partial charge is 0.465 e. The number of aromatic nitrogens is 2. The second-order valence-electron chi connectivity index (χ2n) is 7.93. The number of hydrogen-bond donors (Lipinski definition) is 2. The summed E-state index contributed by atoms with van der Waals surface area (Å²) in [5, 5.41) is 10.9. The summed E-state index contributed by atoms with van der Waals surface area (Å²) in [6.07, 6.45) is 1.35. The molecule has 0 fully saturated rings. The van der Waals surface area contributed by atoms with E-state index < -0.39 is 24.0 Å². The molecule has 2 aromatic heterocycles. The molecule has 2 aromatic carbocycles. The fraction of sp³-hybridized carbons (Fsp3) is 0.200. The second-order valence-corrected chi connectivity index (χ2v) is 7.93. The first-order valence-electron chi connectivity index (χ1n) is 10.7. The quantitative estimate of drug-likeness (QED) is 0.373. The van der Waals surface area contributed by atoms with Crippen molar-refractivity contribution >= 4 is 11.9 Å². The molecule has 0 bridgehead atoms. The maximum Gasteiger partial charge on any atom is 0.341 e. The number of furan rings is 1. The summed E-state index contributed by atoms with van der Waals surface area (Å²) in [6, 6.07) is 11.3. The summed E-state index contributed by atoms with van der Waals surface area (Å²) >= 11 is 0. The topological polar surface area (TPSA) is 133 Å². The molecular weight excluding hydrogens is 455 g/mol. The van der Waals surface area contributed by atoms with Crippen LogP contribution in [0.25, 0.3) is 22.8 Å². The van der Waals surface area contributed by atoms with E-state index in [0.717, 1.165) is 5.56 Å². The zero-order chi connectivity index (χ0) is 25.1. The second kappa shape index (κ2) is 9.90. The molecule has 10 heteroatoms. The van der Waals surface area contributed by atoms with Gasteiger partial charge in [0, 0.05) is 16.7 Å². The van der Waals surface area contributed by atoms with Gasteiger partial charge < -0.3 is 24.6 Å². The molecule has 0 aliphatic rings. The van der Waals surface area contributed by atoms with E-state index in [4.69, 9.17) is 19.3 Å². The molecule has 0 spiro atoms. The van der Waals surface area contributed by atoms with Crippen LogP contribution in [0.1, 0.15) is 58.1 Å². The lowest BCUT2D eigenvalue weighted by molar-refractivity contribution is 0.0601. The Bertz CT molecular complexity index is 1360. The summed E-state index contributed by atoms with van der Waals surface area (Å²) in [7, 11) is 1.26. The molecule has 0 aliphatic carbocycles. The maximum absolute atomic E-state index is 13.3. The molecule has 4 rings (SSSR count). The number of ether oxygens (including phenoxy) is 1. The highest BCUT2D eigenvalue weighted by atomic mass is 19.1. The van der Waals surface area contributed by atoms with Gasteiger partial charge in [-0.05, 0) is 55.8 Å². The molecule has 0 unspecified atom stereocenters. The van der Waals surface area contributed by atoms with Crippen molar-refractivity contribution in [2.75, 3.05) is 7.11 Å². The minimum Gasteiger partial charge on any atom is -0.465 e. The Kier molecular flexibility index (Phi) is 6.74. The lowest BCUT2D eigenvalue weighted by Gasteiger charge is -2.15. The molecule has 9 nitrogen and oxygen atoms in total. The van der Waals surface area contributed by atoms with Crippen LogP contribution in [0.3, 0.4) is 0 Å². The molecule has 0 radical (unpaired) electrons. The van der Waals surface area contributed by atoms with Crippen molar-refractivity contribution in [2.24, 2.45) is 5.73 Å². The molecule has 0 saturated carbocycles. The normalized spacial score (nSPS) is 12.7. The van der Waals surface area contributed by atoms with Crippen LogP contribution in [0.15, 0.2) is 63.6 Å². The molecule has 2 atom stereocenters. The SMILES string of the molecule is COC(=O)c1ccoc1-c1cc(C(=O)N[C@H](C)c2ccc(F)cc2)cc(-c2nnc([C@H](C)N)o2)c1. The Morgan fingerprint density at radius 1 is 1.06 bits per heavy atom. The van der Waals surface area contributed by atoms with Crippen molar-refractivity contribution in [3.8, 4) is 22.8 Å². The predicted octanol–water partition coefficient (Wildman–Crippen LogP) is 4.43. The first-order valence-corrected chi connectivity index (χ1v) is 10.7. The van der Waals surface area contributed by atoms with Crippen LogP contribution in [-0.4, -0.2) is 29.2 Å². The van der Waals surface area contributed by atoms with Crippen molar-refractivity contribution in [1.29, 1.82) is 0 Å². The Morgan fingerprint density at radius 3 is 2.43 bits per heavy atom. The molecular formula is C25H23FN4O5. The highest BCUT2D eigenvalue weighted by molar-refractivity contribution is 5.99. The third kappa shape index (κ3) is 5.12. The Balaban J connectivity index is 1.75. The van der Waals surface area contributed by atoms with Crippen molar-refractivity contribution in [1.82, 2.24) is 15.5 Å². The third-order valence-corrected chi connectivity index (χ3v) is 5.32. The van der Waals surface area contributed by atoms with Crippen LogP contribution in [0.5, 0.6) is 0 Å². The number of nitrogens with zero attached hydrogens (tertiary/aromatic N) is 2. The van der Waals surface area contributed by atoms with Crippen LogP contribution in [-0.2, 0) is 4.74 Å². The first-order chi connectivity index (χ1) is 16.8. The van der Waals surface area contributed by atoms with E-state index in [0.29, 0.717) is 11.1 Å². The number of nitrogens with two attached hydrogens (primary N) is 1. The molecule has 2 heterocycles. The fourth-order valence-corrected chi connectivity index (χ4v) is 3.47. The van der Waals surface area contributed by atoms with E-state index in [1.165, 1.54) is 31.6 Å². The minimum atomic E-state index is -0.591. The summed E-state index contributed by atoms with van der Waals surface area (Å²) in [5.41, 5.74) is 7.85. The molecule has 3 N–H and O–H groups in total. The van der Waals surface area contributed by atoms with Gasteiger partial charge in [-0.1, -0.05) is 12.1 Å². The summed E-state index contributed by atoms with van der Waals surface area (Å²) in [5.74, 6) is -0.780. The Hall–Kier alpha value is -4.31. The van der Waals surface area contributed by atoms with E-state index in [9.17, 15) is 14.0 Å². The lowest BCUT2D eigenvalue weighted by atomic mass is 10.0. The molecule has 180 valence electrons. The van der Waals surface area contributed by atoms with Gasteiger partial charge in [-0.25, -0.2) is 9.18 Å². The molecule has 1 amide bonds. The van der Waals surface area contributed by atoms with E-state index in [1.54, 1.807) is 44.2 Å². The summed E-state index contributed by atoms with van der Waals surface area (Å²) < 4.78 is 29.3. The number of carbonyl (C=O) groups excluding carboxylic acids is 2. The highest BCUT2D eigenvalue weighted by Crippen LogP contribution is 2.31. The number of methoxy groups -OCH3 is 1. The van der Waals surface area contributed by atoms with Crippen molar-refractivity contribution in [2.45, 2.75) is 25.9 Å². The van der Waals surface area contributed by atoms with Crippen LogP contribution in [0.4, 0.5) is 4.39 Å². The average molecular weight is 478 g/mol. The van der Waals surface area contributed by atoms with Gasteiger partial charge in [0.05, 0.1) is 25.5 Å². The maximum atomic E-state index is 13.3. The molecule has 0 aliphatic heterocycles. The number of nitrogens with one attached hydrogen (secondary N) is 1. The van der Waals surface area contributed by atoms with Crippen molar-refractivity contribution in [3.63, 3.8) is 0 Å². The van der Waals surface area contributed by atoms with Crippen LogP contribution in [0.2, 0.25) is 0 Å². The van der Waals surface area contributed by atoms with E-state index in [2.05, 4.69) is 15.5 Å². The number of hydrogen-bond acceptors (Lipinski definition) is 8. The number of benzene rings is 2. The number of esters is 1. The van der Waals surface area contributed by atoms with Gasteiger partial charge in [0.15, 0.2) is 0 Å². The first kappa shape index (κ1) is 23.8. The lowest BCUT2D eigenvalue weighted by Crippen LogP contribution is -2.26. The highest BCUT2D eigenvalue weighted by Gasteiger charge is 2.22. The fourth-order valence-electron chi connectivity index (χ4n) is 3.47. The van der Waals surface area contributed by atoms with Crippen LogP contribution >= 0.6 is 0 Å². The third-order valence-electron chi connectivity index (χ3n) is 5.32. The van der Waals surface area contributed by atoms with E-state index in [-0.39, 0.29) is 34.5 Å². The number of amides is 1. The minimum absolute atomic E-state index is 0.144. The summed E-state index contributed by atoms with van der Waals surface area (Å²) in [6.45, 7) is 3.49. The zero-order valence-corrected chi connectivity index (χ0v) is 19.2. The average Bonchev–Trinajstić information content (AvgIpc) is 3.54. The number of halogens is 1. The van der Waals surface area contributed by atoms with Crippen LogP contribution in [0, 0.1) is 5.82 Å². The number of rotatable bonds is 7. The van der Waals surface area contributed by atoms with Gasteiger partial charge in [-0.3, -0.25) is 4.79 Å². The summed E-state index contributed by atoms with van der Waals surface area (Å²) in [4.78, 5) is 25.4. The van der Waals surface area contributed by atoms with Crippen molar-refractivity contribution in [3.05, 3.63) is 83.2 Å². The van der Waals surface area contributed by atoms with Crippen LogP contribution < -0.4 is 11.1 Å². The smallest absolute Gasteiger partial charge is 0.341 e. The van der Waals surface area contributed by atoms with Gasteiger partial charge in [0.25, 0.3) is 5.91 Å².